The Morgan fingerprint density at radius 1 is 1.24 bits per heavy atom. The molecule has 29 heavy (non-hydrogen) atoms. The van der Waals surface area contributed by atoms with Gasteiger partial charge in [-0.25, -0.2) is 9.97 Å². The lowest BCUT2D eigenvalue weighted by Crippen LogP contribution is -2.53. The number of carbonyl (C=O) groups excluding carboxylic acids is 1. The largest absolute Gasteiger partial charge is 0.337 e. The molecule has 1 atom stereocenters. The molecule has 1 amide bonds. The van der Waals surface area contributed by atoms with E-state index in [1.807, 2.05) is 36.4 Å². The van der Waals surface area contributed by atoms with Gasteiger partial charge in [0.25, 0.3) is 0 Å². The van der Waals surface area contributed by atoms with Gasteiger partial charge < -0.3 is 9.80 Å². The van der Waals surface area contributed by atoms with Gasteiger partial charge in [0.05, 0.1) is 10.4 Å². The van der Waals surface area contributed by atoms with Crippen molar-refractivity contribution in [3.8, 4) is 0 Å². The van der Waals surface area contributed by atoms with E-state index in [1.54, 1.807) is 0 Å². The Labute approximate surface area is 180 Å². The molecule has 0 aliphatic carbocycles. The van der Waals surface area contributed by atoms with E-state index in [2.05, 4.69) is 20.7 Å². The fraction of sp³-hybridized carbons (Fsp3) is 0.500. The van der Waals surface area contributed by atoms with Crippen molar-refractivity contribution in [2.45, 2.75) is 25.8 Å². The first-order valence-electron chi connectivity index (χ1n) is 9.74. The second kappa shape index (κ2) is 8.24. The zero-order valence-electron chi connectivity index (χ0n) is 16.4. The highest BCUT2D eigenvalue weighted by atomic mass is 35.5. The summed E-state index contributed by atoms with van der Waals surface area (Å²) in [5.41, 5.74) is 1.02. The zero-order valence-corrected chi connectivity index (χ0v) is 18.8. The molecule has 0 bridgehead atoms. The van der Waals surface area contributed by atoms with Gasteiger partial charge in [0, 0.05) is 54.3 Å². The third-order valence-corrected chi connectivity index (χ3v) is 8.95. The van der Waals surface area contributed by atoms with Crippen molar-refractivity contribution in [1.29, 1.82) is 0 Å². The lowest BCUT2D eigenvalue weighted by molar-refractivity contribution is -0.138. The van der Waals surface area contributed by atoms with Crippen molar-refractivity contribution in [3.05, 3.63) is 39.3 Å². The second-order valence-electron chi connectivity index (χ2n) is 7.84. The Kier molecular flexibility index (Phi) is 5.86. The number of hydrogen-bond acceptors (Lipinski definition) is 6. The molecule has 4 rings (SSSR count). The summed E-state index contributed by atoms with van der Waals surface area (Å²) in [4.78, 5) is 27.5. The number of aryl methyl sites for hydroxylation is 1. The summed E-state index contributed by atoms with van der Waals surface area (Å²) in [7, 11) is -2.00. The quantitative estimate of drug-likeness (QED) is 0.669. The van der Waals surface area contributed by atoms with Crippen LogP contribution in [0, 0.1) is 12.8 Å². The highest BCUT2D eigenvalue weighted by Crippen LogP contribution is 2.35. The third-order valence-electron chi connectivity index (χ3n) is 5.66. The molecular weight excluding hydrogens is 428 g/mol. The number of carbonyl (C=O) groups is 1. The molecule has 1 unspecified atom stereocenters. The molecular formula is C20H25ClN4O2S2. The summed E-state index contributed by atoms with van der Waals surface area (Å²) in [5, 5.41) is 0. The molecule has 0 N–H and O–H groups in total. The van der Waals surface area contributed by atoms with E-state index >= 15 is 0 Å². The van der Waals surface area contributed by atoms with Crippen LogP contribution in [-0.2, 0) is 14.3 Å². The highest BCUT2D eigenvalue weighted by Gasteiger charge is 2.37. The van der Waals surface area contributed by atoms with Gasteiger partial charge >= 0.3 is 0 Å². The molecule has 0 aromatic carbocycles. The SMILES string of the molecule is C=S1(=O)CCC(C(=O)N2CCN(c3ncc(C)cn3)CC2c2ccc(Cl)s2)CC1. The van der Waals surface area contributed by atoms with Gasteiger partial charge in [-0.2, -0.15) is 0 Å². The number of hydrogen-bond donors (Lipinski definition) is 0. The molecule has 0 saturated carbocycles. The van der Waals surface area contributed by atoms with Gasteiger partial charge in [0.1, 0.15) is 0 Å². The van der Waals surface area contributed by atoms with Gasteiger partial charge in [-0.1, -0.05) is 11.6 Å². The van der Waals surface area contributed by atoms with Crippen LogP contribution >= 0.6 is 22.9 Å². The van der Waals surface area contributed by atoms with Crippen LogP contribution in [0.15, 0.2) is 24.5 Å². The van der Waals surface area contributed by atoms with E-state index < -0.39 is 9.52 Å². The first-order chi connectivity index (χ1) is 13.8. The molecule has 156 valence electrons. The molecule has 2 aliphatic heterocycles. The molecule has 0 spiro atoms. The fourth-order valence-electron chi connectivity index (χ4n) is 3.97. The minimum Gasteiger partial charge on any atom is -0.337 e. The van der Waals surface area contributed by atoms with Crippen molar-refractivity contribution in [1.82, 2.24) is 14.9 Å². The summed E-state index contributed by atoms with van der Waals surface area (Å²) in [6.07, 6.45) is 4.94. The van der Waals surface area contributed by atoms with Crippen LogP contribution in [-0.4, -0.2) is 62.0 Å². The monoisotopic (exact) mass is 452 g/mol. The zero-order chi connectivity index (χ0) is 20.6. The molecule has 2 fully saturated rings. The van der Waals surface area contributed by atoms with E-state index in [-0.39, 0.29) is 17.9 Å². The van der Waals surface area contributed by atoms with Crippen LogP contribution in [0.3, 0.4) is 0 Å². The van der Waals surface area contributed by atoms with Crippen LogP contribution in [0.2, 0.25) is 4.34 Å². The van der Waals surface area contributed by atoms with E-state index in [0.29, 0.717) is 54.3 Å². The first-order valence-corrected chi connectivity index (χ1v) is 13.0. The number of rotatable bonds is 3. The highest BCUT2D eigenvalue weighted by molar-refractivity contribution is 8.00. The van der Waals surface area contributed by atoms with Gasteiger partial charge in [-0.05, 0) is 52.9 Å². The van der Waals surface area contributed by atoms with Crippen LogP contribution in [0.4, 0.5) is 5.95 Å². The standard InChI is InChI=1S/C20H25ClN4O2S2/c1-14-11-22-20(23-12-14)24-7-8-25(16(13-24)17-3-4-18(21)28-17)19(26)15-5-9-29(2,27)10-6-15/h3-4,11-12,15-16H,2,5-10,13H2,1H3. The van der Waals surface area contributed by atoms with Crippen molar-refractivity contribution >= 4 is 50.2 Å². The number of anilines is 1. The topological polar surface area (TPSA) is 66.4 Å². The fourth-order valence-corrected chi connectivity index (χ4v) is 6.77. The normalized spacial score (nSPS) is 27.8. The molecule has 9 heteroatoms. The summed E-state index contributed by atoms with van der Waals surface area (Å²) >= 11 is 7.71. The van der Waals surface area contributed by atoms with Crippen LogP contribution < -0.4 is 4.90 Å². The molecule has 2 saturated heterocycles. The maximum absolute atomic E-state index is 13.4. The summed E-state index contributed by atoms with van der Waals surface area (Å²) in [6, 6.07) is 3.79. The average molecular weight is 453 g/mol. The van der Waals surface area contributed by atoms with Gasteiger partial charge in [0.2, 0.25) is 11.9 Å². The Morgan fingerprint density at radius 2 is 1.93 bits per heavy atom. The maximum atomic E-state index is 13.4. The van der Waals surface area contributed by atoms with Crippen molar-refractivity contribution in [3.63, 3.8) is 0 Å². The number of aromatic nitrogens is 2. The predicted molar refractivity (Wildman–Crippen MR) is 120 cm³/mol. The van der Waals surface area contributed by atoms with E-state index in [1.165, 1.54) is 11.3 Å². The van der Waals surface area contributed by atoms with Gasteiger partial charge in [-0.3, -0.25) is 9.00 Å². The predicted octanol–water partition coefficient (Wildman–Crippen LogP) is 3.02. The summed E-state index contributed by atoms with van der Waals surface area (Å²) < 4.78 is 12.9. The molecule has 2 aromatic rings. The van der Waals surface area contributed by atoms with E-state index in [4.69, 9.17) is 11.6 Å². The Balaban J connectivity index is 1.56. The Hall–Kier alpha value is -1.64. The molecule has 2 aromatic heterocycles. The first kappa shape index (κ1) is 20.6. The number of halogens is 1. The van der Waals surface area contributed by atoms with Crippen LogP contribution in [0.25, 0.3) is 0 Å². The summed E-state index contributed by atoms with van der Waals surface area (Å²) in [6.45, 7) is 3.88. The minimum absolute atomic E-state index is 0.0774. The van der Waals surface area contributed by atoms with Crippen LogP contribution in [0.5, 0.6) is 0 Å². The Bertz CT molecular complexity index is 976. The number of amides is 1. The number of piperazine rings is 1. The lowest BCUT2D eigenvalue weighted by Gasteiger charge is -2.43. The van der Waals surface area contributed by atoms with E-state index in [0.717, 1.165) is 10.4 Å². The van der Waals surface area contributed by atoms with Crippen LogP contribution in [0.1, 0.15) is 29.3 Å². The second-order valence-corrected chi connectivity index (χ2v) is 12.3. The van der Waals surface area contributed by atoms with Gasteiger partial charge in [-0.15, -0.1) is 11.3 Å². The molecule has 0 radical (unpaired) electrons. The smallest absolute Gasteiger partial charge is 0.226 e. The van der Waals surface area contributed by atoms with E-state index in [9.17, 15) is 9.00 Å². The Morgan fingerprint density at radius 3 is 2.55 bits per heavy atom. The number of thiophene rings is 1. The van der Waals surface area contributed by atoms with Crippen molar-refractivity contribution in [2.75, 3.05) is 36.0 Å². The third kappa shape index (κ3) is 4.59. The molecule has 6 nitrogen and oxygen atoms in total. The van der Waals surface area contributed by atoms with Crippen molar-refractivity contribution in [2.24, 2.45) is 5.92 Å². The number of nitrogens with zero attached hydrogens (tertiary/aromatic N) is 4. The molecule has 2 aliphatic rings. The average Bonchev–Trinajstić information content (AvgIpc) is 3.14. The minimum atomic E-state index is -2.00. The molecule has 4 heterocycles. The lowest BCUT2D eigenvalue weighted by atomic mass is 9.98. The van der Waals surface area contributed by atoms with Crippen molar-refractivity contribution < 1.29 is 9.00 Å². The maximum Gasteiger partial charge on any atom is 0.226 e. The summed E-state index contributed by atoms with van der Waals surface area (Å²) in [5.74, 6) is 5.65. The van der Waals surface area contributed by atoms with Gasteiger partial charge in [0.15, 0.2) is 0 Å².